The SMILES string of the molecule is CCCCCN(CC(=O)N1CCCc2ccccc21)S(C)(=O)=O. The molecule has 0 aromatic heterocycles. The van der Waals surface area contributed by atoms with Gasteiger partial charge in [-0.1, -0.05) is 38.0 Å². The number of anilines is 1. The minimum atomic E-state index is -3.37. The summed E-state index contributed by atoms with van der Waals surface area (Å²) in [4.78, 5) is 14.4. The van der Waals surface area contributed by atoms with Crippen molar-refractivity contribution in [3.8, 4) is 0 Å². The molecule has 0 N–H and O–H groups in total. The van der Waals surface area contributed by atoms with Gasteiger partial charge in [-0.25, -0.2) is 8.42 Å². The summed E-state index contributed by atoms with van der Waals surface area (Å²) in [7, 11) is -3.37. The summed E-state index contributed by atoms with van der Waals surface area (Å²) in [6.07, 6.45) is 5.82. The second kappa shape index (κ2) is 7.93. The number of sulfonamides is 1. The maximum atomic E-state index is 12.7. The second-order valence-corrected chi connectivity index (χ2v) is 8.06. The van der Waals surface area contributed by atoms with Crippen molar-refractivity contribution in [1.29, 1.82) is 0 Å². The Morgan fingerprint density at radius 1 is 1.26 bits per heavy atom. The molecule has 1 aliphatic heterocycles. The third-order valence-corrected chi connectivity index (χ3v) is 5.45. The van der Waals surface area contributed by atoms with Gasteiger partial charge in [0.1, 0.15) is 0 Å². The van der Waals surface area contributed by atoms with Crippen molar-refractivity contribution in [3.63, 3.8) is 0 Å². The lowest BCUT2D eigenvalue weighted by Crippen LogP contribution is -2.44. The molecule has 1 aromatic carbocycles. The van der Waals surface area contributed by atoms with E-state index in [1.54, 1.807) is 4.90 Å². The molecule has 0 unspecified atom stereocenters. The monoisotopic (exact) mass is 338 g/mol. The number of rotatable bonds is 7. The summed E-state index contributed by atoms with van der Waals surface area (Å²) in [5.41, 5.74) is 2.08. The Balaban J connectivity index is 2.10. The van der Waals surface area contributed by atoms with Gasteiger partial charge in [-0.3, -0.25) is 4.79 Å². The predicted octanol–water partition coefficient (Wildman–Crippen LogP) is 2.42. The van der Waals surface area contributed by atoms with Crippen molar-refractivity contribution in [2.75, 3.05) is 30.8 Å². The Bertz CT molecular complexity index is 643. The van der Waals surface area contributed by atoms with E-state index in [0.717, 1.165) is 43.4 Å². The highest BCUT2D eigenvalue weighted by Crippen LogP contribution is 2.26. The van der Waals surface area contributed by atoms with Gasteiger partial charge in [0.15, 0.2) is 0 Å². The molecule has 23 heavy (non-hydrogen) atoms. The van der Waals surface area contributed by atoms with Crippen LogP contribution >= 0.6 is 0 Å². The fraction of sp³-hybridized carbons (Fsp3) is 0.588. The van der Waals surface area contributed by atoms with E-state index in [1.165, 1.54) is 10.6 Å². The number of nitrogens with zero attached hydrogens (tertiary/aromatic N) is 2. The Hall–Kier alpha value is -1.40. The van der Waals surface area contributed by atoms with E-state index in [2.05, 4.69) is 6.92 Å². The van der Waals surface area contributed by atoms with Crippen molar-refractivity contribution >= 4 is 21.6 Å². The first-order valence-corrected chi connectivity index (χ1v) is 10.1. The zero-order valence-electron chi connectivity index (χ0n) is 14.0. The minimum Gasteiger partial charge on any atom is -0.311 e. The van der Waals surface area contributed by atoms with E-state index in [-0.39, 0.29) is 12.5 Å². The number of hydrogen-bond acceptors (Lipinski definition) is 3. The topological polar surface area (TPSA) is 57.7 Å². The largest absolute Gasteiger partial charge is 0.311 e. The lowest BCUT2D eigenvalue weighted by Gasteiger charge is -2.31. The zero-order chi connectivity index (χ0) is 16.9. The lowest BCUT2D eigenvalue weighted by atomic mass is 10.0. The zero-order valence-corrected chi connectivity index (χ0v) is 14.8. The van der Waals surface area contributed by atoms with Crippen LogP contribution in [0.3, 0.4) is 0 Å². The van der Waals surface area contributed by atoms with Crippen molar-refractivity contribution in [3.05, 3.63) is 29.8 Å². The Morgan fingerprint density at radius 2 is 2.00 bits per heavy atom. The molecule has 0 fully saturated rings. The van der Waals surface area contributed by atoms with Crippen molar-refractivity contribution in [2.24, 2.45) is 0 Å². The summed E-state index contributed by atoms with van der Waals surface area (Å²) < 4.78 is 25.2. The van der Waals surface area contributed by atoms with E-state index in [4.69, 9.17) is 0 Å². The quantitative estimate of drug-likeness (QED) is 0.718. The van der Waals surface area contributed by atoms with Crippen LogP contribution in [-0.2, 0) is 21.2 Å². The number of fused-ring (bicyclic) bond motifs is 1. The molecule has 1 heterocycles. The number of aryl methyl sites for hydroxylation is 1. The van der Waals surface area contributed by atoms with Crippen LogP contribution in [0.1, 0.15) is 38.2 Å². The highest BCUT2D eigenvalue weighted by molar-refractivity contribution is 7.88. The minimum absolute atomic E-state index is 0.0725. The van der Waals surface area contributed by atoms with Gasteiger partial charge in [-0.15, -0.1) is 0 Å². The standard InChI is InChI=1S/C17H26N2O3S/c1-3-4-7-12-18(23(2,21)22)14-17(20)19-13-8-10-15-9-5-6-11-16(15)19/h5-6,9,11H,3-4,7-8,10,12-14H2,1-2H3. The maximum Gasteiger partial charge on any atom is 0.242 e. The highest BCUT2D eigenvalue weighted by Gasteiger charge is 2.26. The molecule has 1 aromatic rings. The Kier molecular flexibility index (Phi) is 6.18. The smallest absolute Gasteiger partial charge is 0.242 e. The first-order valence-electron chi connectivity index (χ1n) is 8.27. The van der Waals surface area contributed by atoms with E-state index in [1.807, 2.05) is 24.3 Å². The fourth-order valence-electron chi connectivity index (χ4n) is 2.93. The number of hydrogen-bond donors (Lipinski definition) is 0. The Labute approximate surface area is 139 Å². The van der Waals surface area contributed by atoms with Gasteiger partial charge in [0, 0.05) is 18.8 Å². The fourth-order valence-corrected chi connectivity index (χ4v) is 3.73. The van der Waals surface area contributed by atoms with Gasteiger partial charge in [0.25, 0.3) is 0 Å². The summed E-state index contributed by atoms with van der Waals surface area (Å²) in [6, 6.07) is 7.86. The van der Waals surface area contributed by atoms with Crippen LogP contribution in [0.4, 0.5) is 5.69 Å². The van der Waals surface area contributed by atoms with Gasteiger partial charge in [-0.2, -0.15) is 4.31 Å². The lowest BCUT2D eigenvalue weighted by molar-refractivity contribution is -0.118. The molecular formula is C17H26N2O3S. The van der Waals surface area contributed by atoms with E-state index >= 15 is 0 Å². The van der Waals surface area contributed by atoms with Crippen molar-refractivity contribution in [2.45, 2.75) is 39.0 Å². The van der Waals surface area contributed by atoms with Gasteiger partial charge in [0.05, 0.1) is 12.8 Å². The normalized spacial score (nSPS) is 14.8. The average molecular weight is 338 g/mol. The molecule has 0 bridgehead atoms. The summed E-state index contributed by atoms with van der Waals surface area (Å²) in [5, 5.41) is 0. The van der Waals surface area contributed by atoms with Crippen molar-refractivity contribution < 1.29 is 13.2 Å². The molecule has 0 aliphatic carbocycles. The Morgan fingerprint density at radius 3 is 2.70 bits per heavy atom. The van der Waals surface area contributed by atoms with Gasteiger partial charge >= 0.3 is 0 Å². The van der Waals surface area contributed by atoms with Crippen LogP contribution in [0, 0.1) is 0 Å². The molecule has 128 valence electrons. The number of amides is 1. The second-order valence-electron chi connectivity index (χ2n) is 6.08. The molecule has 0 spiro atoms. The number of para-hydroxylation sites is 1. The van der Waals surface area contributed by atoms with E-state index in [0.29, 0.717) is 13.1 Å². The van der Waals surface area contributed by atoms with E-state index < -0.39 is 10.0 Å². The first kappa shape index (κ1) is 17.9. The third-order valence-electron chi connectivity index (χ3n) is 4.20. The van der Waals surface area contributed by atoms with Crippen LogP contribution < -0.4 is 4.90 Å². The molecule has 1 amide bonds. The molecule has 0 saturated heterocycles. The van der Waals surface area contributed by atoms with Gasteiger partial charge in [0.2, 0.25) is 15.9 Å². The average Bonchev–Trinajstić information content (AvgIpc) is 2.52. The predicted molar refractivity (Wildman–Crippen MR) is 93.1 cm³/mol. The van der Waals surface area contributed by atoms with Crippen LogP contribution in [-0.4, -0.2) is 44.5 Å². The molecule has 0 saturated carbocycles. The summed E-state index contributed by atoms with van der Waals surface area (Å²) >= 11 is 0. The van der Waals surface area contributed by atoms with Crippen LogP contribution in [0.15, 0.2) is 24.3 Å². The number of carbonyl (C=O) groups excluding carboxylic acids is 1. The first-order chi connectivity index (χ1) is 10.9. The summed E-state index contributed by atoms with van der Waals surface area (Å²) in [6.45, 7) is 3.06. The highest BCUT2D eigenvalue weighted by atomic mass is 32.2. The number of unbranched alkanes of at least 4 members (excludes halogenated alkanes) is 2. The van der Waals surface area contributed by atoms with E-state index in [9.17, 15) is 13.2 Å². The van der Waals surface area contributed by atoms with Crippen LogP contribution in [0.2, 0.25) is 0 Å². The number of carbonyl (C=O) groups is 1. The van der Waals surface area contributed by atoms with Gasteiger partial charge < -0.3 is 4.90 Å². The molecule has 1 aliphatic rings. The molecule has 5 nitrogen and oxygen atoms in total. The molecule has 6 heteroatoms. The molecular weight excluding hydrogens is 312 g/mol. The van der Waals surface area contributed by atoms with Crippen molar-refractivity contribution in [1.82, 2.24) is 4.31 Å². The molecule has 0 atom stereocenters. The van der Waals surface area contributed by atoms with Crippen LogP contribution in [0.25, 0.3) is 0 Å². The van der Waals surface area contributed by atoms with Crippen LogP contribution in [0.5, 0.6) is 0 Å². The number of benzene rings is 1. The molecule has 0 radical (unpaired) electrons. The molecule has 2 rings (SSSR count). The summed E-state index contributed by atoms with van der Waals surface area (Å²) in [5.74, 6) is -0.140. The third kappa shape index (κ3) is 4.78. The van der Waals surface area contributed by atoms with Gasteiger partial charge in [-0.05, 0) is 30.9 Å². The maximum absolute atomic E-state index is 12.7.